The van der Waals surface area contributed by atoms with E-state index in [1.54, 1.807) is 18.2 Å². The molecule has 56 valence electrons. The summed E-state index contributed by atoms with van der Waals surface area (Å²) in [5, 5.41) is 9.28. The highest BCUT2D eigenvalue weighted by atomic mass is 35.5. The lowest BCUT2D eigenvalue weighted by Gasteiger charge is -1.98. The fourth-order valence-corrected chi connectivity index (χ4v) is 1.02. The minimum atomic E-state index is -0.158. The highest BCUT2D eigenvalue weighted by molar-refractivity contribution is 6.48. The monoisotopic (exact) mass is 168 g/mol. The summed E-state index contributed by atoms with van der Waals surface area (Å²) in [5.74, 6) is 0. The molecular weight excluding hydrogens is 162 g/mol. The highest BCUT2D eigenvalue weighted by Gasteiger charge is 2.01. The molecule has 0 aliphatic heterocycles. The van der Waals surface area contributed by atoms with Gasteiger partial charge in [0.25, 0.3) is 0 Å². The molecule has 0 fully saturated rings. The van der Waals surface area contributed by atoms with Crippen LogP contribution >= 0.6 is 11.6 Å². The summed E-state index contributed by atoms with van der Waals surface area (Å²) in [6.07, 6.45) is 0.696. The van der Waals surface area contributed by atoms with E-state index in [-0.39, 0.29) is 7.48 Å². The van der Waals surface area contributed by atoms with Crippen LogP contribution in [-0.2, 0) is 0 Å². The molecule has 4 heteroatoms. The van der Waals surface area contributed by atoms with Crippen molar-refractivity contribution in [3.8, 4) is 0 Å². The van der Waals surface area contributed by atoms with Gasteiger partial charge in [-0.15, -0.1) is 0 Å². The zero-order chi connectivity index (χ0) is 8.27. The number of carbonyl (C=O) groups excluding carboxylic acids is 1. The number of carbonyl (C=O) groups is 1. The van der Waals surface area contributed by atoms with E-state index in [1.807, 2.05) is 0 Å². The quantitative estimate of drug-likeness (QED) is 0.503. The molecule has 0 amide bonds. The Labute approximate surface area is 70.1 Å². The van der Waals surface area contributed by atoms with Crippen molar-refractivity contribution in [2.45, 2.75) is 0 Å². The SMILES string of the molecule is O=Cc1ccc(Cl)cc1BO. The molecule has 0 atom stereocenters. The first-order chi connectivity index (χ1) is 5.27. The summed E-state index contributed by atoms with van der Waals surface area (Å²) < 4.78 is 0. The maximum Gasteiger partial charge on any atom is 0.305 e. The van der Waals surface area contributed by atoms with Gasteiger partial charge in [0.2, 0.25) is 0 Å². The van der Waals surface area contributed by atoms with E-state index in [0.717, 1.165) is 0 Å². The Morgan fingerprint density at radius 3 is 2.82 bits per heavy atom. The fourth-order valence-electron chi connectivity index (χ4n) is 0.826. The summed E-state index contributed by atoms with van der Waals surface area (Å²) in [7, 11) is -0.158. The predicted octanol–water partition coefficient (Wildman–Crippen LogP) is 0.122. The fraction of sp³-hybridized carbons (Fsp3) is 0. The van der Waals surface area contributed by atoms with Gasteiger partial charge in [-0.3, -0.25) is 4.79 Å². The molecule has 0 heterocycles. The van der Waals surface area contributed by atoms with Crippen molar-refractivity contribution in [3.63, 3.8) is 0 Å². The van der Waals surface area contributed by atoms with Gasteiger partial charge in [-0.2, -0.15) is 0 Å². The molecule has 0 radical (unpaired) electrons. The molecule has 0 aromatic heterocycles. The van der Waals surface area contributed by atoms with Gasteiger partial charge in [0.1, 0.15) is 6.29 Å². The number of hydrogen-bond acceptors (Lipinski definition) is 2. The first-order valence-corrected chi connectivity index (χ1v) is 3.50. The van der Waals surface area contributed by atoms with E-state index in [2.05, 4.69) is 0 Å². The van der Waals surface area contributed by atoms with Crippen LogP contribution in [0.15, 0.2) is 18.2 Å². The van der Waals surface area contributed by atoms with Crippen LogP contribution in [0.1, 0.15) is 10.4 Å². The van der Waals surface area contributed by atoms with E-state index >= 15 is 0 Å². The Morgan fingerprint density at radius 2 is 2.27 bits per heavy atom. The number of halogens is 1. The van der Waals surface area contributed by atoms with Crippen LogP contribution < -0.4 is 5.46 Å². The van der Waals surface area contributed by atoms with Gasteiger partial charge in [-0.1, -0.05) is 17.7 Å². The molecule has 0 unspecified atom stereocenters. The Hall–Kier alpha value is -0.795. The van der Waals surface area contributed by atoms with Crippen LogP contribution in [0.2, 0.25) is 5.02 Å². The van der Waals surface area contributed by atoms with Crippen molar-refractivity contribution in [3.05, 3.63) is 28.8 Å². The molecule has 1 N–H and O–H groups in total. The molecule has 0 bridgehead atoms. The largest absolute Gasteiger partial charge is 0.449 e. The van der Waals surface area contributed by atoms with E-state index in [9.17, 15) is 4.79 Å². The van der Waals surface area contributed by atoms with Gasteiger partial charge in [0.05, 0.1) is 0 Å². The maximum absolute atomic E-state index is 10.3. The summed E-state index contributed by atoms with van der Waals surface area (Å²) in [6.45, 7) is 0. The van der Waals surface area contributed by atoms with Gasteiger partial charge >= 0.3 is 7.48 Å². The molecule has 0 aliphatic rings. The molecule has 0 spiro atoms. The Morgan fingerprint density at radius 1 is 1.55 bits per heavy atom. The van der Waals surface area contributed by atoms with Crippen molar-refractivity contribution in [1.82, 2.24) is 0 Å². The Balaban J connectivity index is 3.16. The Bertz CT molecular complexity index is 275. The second-order valence-corrected chi connectivity index (χ2v) is 2.56. The number of hydrogen-bond donors (Lipinski definition) is 1. The van der Waals surface area contributed by atoms with Gasteiger partial charge in [-0.05, 0) is 17.6 Å². The third kappa shape index (κ3) is 1.82. The van der Waals surface area contributed by atoms with Gasteiger partial charge in [-0.25, -0.2) is 0 Å². The summed E-state index contributed by atoms with van der Waals surface area (Å²) in [6, 6.07) is 4.77. The average Bonchev–Trinajstić information content (AvgIpc) is 2.04. The summed E-state index contributed by atoms with van der Waals surface area (Å²) >= 11 is 5.63. The van der Waals surface area contributed by atoms with Crippen LogP contribution in [0.4, 0.5) is 0 Å². The Kier molecular flexibility index (Phi) is 2.68. The van der Waals surface area contributed by atoms with Gasteiger partial charge < -0.3 is 5.02 Å². The second kappa shape index (κ2) is 3.55. The smallest absolute Gasteiger partial charge is 0.305 e. The van der Waals surface area contributed by atoms with Crippen molar-refractivity contribution < 1.29 is 9.82 Å². The maximum atomic E-state index is 10.3. The van der Waals surface area contributed by atoms with Gasteiger partial charge in [0.15, 0.2) is 0 Å². The minimum absolute atomic E-state index is 0.158. The van der Waals surface area contributed by atoms with Crippen LogP contribution in [0.3, 0.4) is 0 Å². The zero-order valence-electron chi connectivity index (χ0n) is 5.75. The average molecular weight is 168 g/mol. The number of aldehydes is 1. The molecule has 11 heavy (non-hydrogen) atoms. The normalized spacial score (nSPS) is 9.27. The molecular formula is C7H6BClO2. The topological polar surface area (TPSA) is 37.3 Å². The van der Waals surface area contributed by atoms with Crippen LogP contribution in [-0.4, -0.2) is 18.8 Å². The molecule has 1 aromatic carbocycles. The van der Waals surface area contributed by atoms with E-state index < -0.39 is 0 Å². The lowest BCUT2D eigenvalue weighted by Crippen LogP contribution is -2.18. The number of benzene rings is 1. The van der Waals surface area contributed by atoms with Crippen LogP contribution in [0.5, 0.6) is 0 Å². The molecule has 2 nitrogen and oxygen atoms in total. The minimum Gasteiger partial charge on any atom is -0.449 e. The molecule has 0 saturated heterocycles. The number of rotatable bonds is 2. The van der Waals surface area contributed by atoms with Crippen molar-refractivity contribution in [1.29, 1.82) is 0 Å². The highest BCUT2D eigenvalue weighted by Crippen LogP contribution is 2.05. The lowest BCUT2D eigenvalue weighted by molar-refractivity contribution is 0.112. The zero-order valence-corrected chi connectivity index (χ0v) is 6.51. The van der Waals surface area contributed by atoms with Crippen molar-refractivity contribution in [2.24, 2.45) is 0 Å². The third-order valence-corrected chi connectivity index (χ3v) is 1.64. The molecule has 0 saturated carbocycles. The first-order valence-electron chi connectivity index (χ1n) is 3.12. The van der Waals surface area contributed by atoms with E-state index in [1.165, 1.54) is 0 Å². The van der Waals surface area contributed by atoms with E-state index in [4.69, 9.17) is 16.6 Å². The van der Waals surface area contributed by atoms with Gasteiger partial charge in [0, 0.05) is 10.6 Å². The van der Waals surface area contributed by atoms with Crippen molar-refractivity contribution in [2.75, 3.05) is 0 Å². The third-order valence-electron chi connectivity index (χ3n) is 1.40. The first kappa shape index (κ1) is 8.30. The van der Waals surface area contributed by atoms with Crippen LogP contribution in [0, 0.1) is 0 Å². The predicted molar refractivity (Wildman–Crippen MR) is 45.8 cm³/mol. The lowest BCUT2D eigenvalue weighted by atomic mass is 9.85. The second-order valence-electron chi connectivity index (χ2n) is 2.12. The molecule has 0 aliphatic carbocycles. The van der Waals surface area contributed by atoms with Crippen LogP contribution in [0.25, 0.3) is 0 Å². The molecule has 1 rings (SSSR count). The summed E-state index contributed by atoms with van der Waals surface area (Å²) in [4.78, 5) is 10.3. The van der Waals surface area contributed by atoms with E-state index in [0.29, 0.717) is 22.3 Å². The summed E-state index contributed by atoms with van der Waals surface area (Å²) in [5.41, 5.74) is 1.05. The standard InChI is InChI=1S/C7H6BClO2/c9-6-2-1-5(4-10)7(3-6)8-11/h1-4,8,11H. The van der Waals surface area contributed by atoms with Crippen molar-refractivity contribution >= 4 is 30.8 Å². The molecule has 1 aromatic rings.